The highest BCUT2D eigenvalue weighted by atomic mass is 127. The Morgan fingerprint density at radius 2 is 2.33 bits per heavy atom. The van der Waals surface area contributed by atoms with Crippen molar-refractivity contribution in [2.45, 2.75) is 13.8 Å². The molecule has 0 amide bonds. The predicted octanol–water partition coefficient (Wildman–Crippen LogP) is 2.73. The Labute approximate surface area is 73.3 Å². The molecule has 4 heteroatoms. The summed E-state index contributed by atoms with van der Waals surface area (Å²) in [7, 11) is 0. The molecule has 0 unspecified atom stereocenters. The van der Waals surface area contributed by atoms with Crippen molar-refractivity contribution in [1.29, 1.82) is 5.41 Å². The van der Waals surface area contributed by atoms with E-state index < -0.39 is 0 Å². The molecule has 0 spiro atoms. The minimum absolute atomic E-state index is 0.301. The van der Waals surface area contributed by atoms with Crippen LogP contribution >= 0.6 is 34.5 Å². The van der Waals surface area contributed by atoms with Crippen molar-refractivity contribution < 1.29 is 0 Å². The van der Waals surface area contributed by atoms with Crippen LogP contribution < -0.4 is 0 Å². The number of nitrogens with one attached hydrogen (secondary N) is 1. The lowest BCUT2D eigenvalue weighted by molar-refractivity contribution is 0.894. The summed E-state index contributed by atoms with van der Waals surface area (Å²) >= 11 is 3.26. The molecular weight excluding hydrogens is 247 g/mol. The van der Waals surface area contributed by atoms with Crippen molar-refractivity contribution in [1.82, 2.24) is 0 Å². The van der Waals surface area contributed by atoms with Crippen LogP contribution in [-0.4, -0.2) is 9.27 Å². The minimum Gasteiger partial charge on any atom is -0.296 e. The molecule has 1 N–H and O–H groups in total. The van der Waals surface area contributed by atoms with E-state index in [1.54, 1.807) is 4.22 Å². The normalized spacial score (nSPS) is 11.1. The fraction of sp³-hybridized carbons (Fsp3) is 0.600. The van der Waals surface area contributed by atoms with E-state index in [0.717, 1.165) is 0 Å². The summed E-state index contributed by atoms with van der Waals surface area (Å²) in [6.45, 7) is 3.97. The van der Waals surface area contributed by atoms with Gasteiger partial charge in [-0.05, 0) is 22.6 Å². The summed E-state index contributed by atoms with van der Waals surface area (Å²) in [4.78, 5) is 0. The van der Waals surface area contributed by atoms with Gasteiger partial charge in [-0.15, -0.1) is 0 Å². The van der Waals surface area contributed by atoms with E-state index in [-0.39, 0.29) is 0 Å². The van der Waals surface area contributed by atoms with Crippen LogP contribution in [0.4, 0.5) is 0 Å². The highest BCUT2D eigenvalue weighted by Crippen LogP contribution is 2.11. The molecule has 0 aliphatic carbocycles. The first-order valence-electron chi connectivity index (χ1n) is 2.56. The molecule has 0 heterocycles. The topological polar surface area (TPSA) is 36.2 Å². The summed E-state index contributed by atoms with van der Waals surface area (Å²) in [5.41, 5.74) is 0. The monoisotopic (exact) mass is 256 g/mol. The first-order valence-corrected chi connectivity index (χ1v) is 4.58. The third-order valence-electron chi connectivity index (χ3n) is 0.715. The summed E-state index contributed by atoms with van der Waals surface area (Å²) in [6.07, 6.45) is 0. The van der Waals surface area contributed by atoms with Gasteiger partial charge in [-0.1, -0.05) is 13.8 Å². The Kier molecular flexibility index (Phi) is 5.47. The van der Waals surface area contributed by atoms with E-state index in [4.69, 9.17) is 5.41 Å². The highest BCUT2D eigenvalue weighted by molar-refractivity contribution is 14.1. The molecule has 0 radical (unpaired) electrons. The lowest BCUT2D eigenvalue weighted by Crippen LogP contribution is -1.97. The van der Waals surface area contributed by atoms with E-state index in [1.165, 1.54) is 11.9 Å². The van der Waals surface area contributed by atoms with Crippen LogP contribution in [0.2, 0.25) is 0 Å². The van der Waals surface area contributed by atoms with E-state index >= 15 is 0 Å². The second kappa shape index (κ2) is 5.22. The van der Waals surface area contributed by atoms with Gasteiger partial charge < -0.3 is 0 Å². The van der Waals surface area contributed by atoms with Gasteiger partial charge >= 0.3 is 0 Å². The molecule has 0 aliphatic rings. The second-order valence-electron chi connectivity index (χ2n) is 1.81. The van der Waals surface area contributed by atoms with Gasteiger partial charge in [0.25, 0.3) is 0 Å². The van der Waals surface area contributed by atoms with E-state index in [9.17, 15) is 0 Å². The molecule has 9 heavy (non-hydrogen) atoms. The third kappa shape index (κ3) is 4.90. The molecule has 0 rings (SSSR count). The van der Waals surface area contributed by atoms with Crippen molar-refractivity contribution in [3.63, 3.8) is 0 Å². The summed E-state index contributed by atoms with van der Waals surface area (Å²) in [5, 5.41) is 7.91. The number of halogens is 1. The van der Waals surface area contributed by atoms with Crippen LogP contribution in [0, 0.1) is 11.3 Å². The lowest BCUT2D eigenvalue weighted by Gasteiger charge is -1.99. The molecule has 0 aromatic carbocycles. The maximum Gasteiger partial charge on any atom is 0.0895 e. The maximum atomic E-state index is 7.29. The van der Waals surface area contributed by atoms with Gasteiger partial charge in [0.15, 0.2) is 0 Å². The number of nitrogens with zero attached hydrogens (tertiary/aromatic N) is 1. The molecule has 0 atom stereocenters. The van der Waals surface area contributed by atoms with Gasteiger partial charge in [0, 0.05) is 17.9 Å². The molecule has 52 valence electrons. The van der Waals surface area contributed by atoms with E-state index in [1.807, 2.05) is 36.4 Å². The van der Waals surface area contributed by atoms with E-state index in [0.29, 0.717) is 11.0 Å². The van der Waals surface area contributed by atoms with Crippen LogP contribution in [0.5, 0.6) is 0 Å². The summed E-state index contributed by atoms with van der Waals surface area (Å²) < 4.78 is 5.51. The molecule has 0 aromatic rings. The molecule has 0 saturated heterocycles. The molecule has 0 fully saturated rings. The maximum absolute atomic E-state index is 7.29. The van der Waals surface area contributed by atoms with Crippen molar-refractivity contribution in [2.24, 2.45) is 10.3 Å². The number of hydrogen-bond acceptors (Lipinski definition) is 3. The SMILES string of the molecule is CC(C)C(=N)S/N=C\I. The largest absolute Gasteiger partial charge is 0.296 e. The highest BCUT2D eigenvalue weighted by Gasteiger charge is 2.00. The standard InChI is InChI=1S/C5H9IN2S/c1-4(2)5(7)9-8-3-6/h3-4,7H,1-2H3/b7-5?,8-3-. The Bertz CT molecular complexity index is 122. The first-order chi connectivity index (χ1) is 4.18. The first kappa shape index (κ1) is 9.42. The summed E-state index contributed by atoms with van der Waals surface area (Å²) in [6, 6.07) is 0. The Balaban J connectivity index is 3.51. The molecule has 2 nitrogen and oxygen atoms in total. The van der Waals surface area contributed by atoms with Crippen molar-refractivity contribution in [2.75, 3.05) is 0 Å². The molecule has 0 saturated carbocycles. The Hall–Kier alpha value is 0.420. The van der Waals surface area contributed by atoms with Gasteiger partial charge in [0.05, 0.1) is 9.27 Å². The van der Waals surface area contributed by atoms with Crippen molar-refractivity contribution in [3.05, 3.63) is 0 Å². The molecule has 0 bridgehead atoms. The zero-order valence-corrected chi connectivity index (χ0v) is 8.36. The van der Waals surface area contributed by atoms with Crippen LogP contribution in [0.15, 0.2) is 4.40 Å². The van der Waals surface area contributed by atoms with Gasteiger partial charge in [0.2, 0.25) is 0 Å². The van der Waals surface area contributed by atoms with Crippen molar-refractivity contribution >= 4 is 43.8 Å². The van der Waals surface area contributed by atoms with Crippen LogP contribution in [0.1, 0.15) is 13.8 Å². The summed E-state index contributed by atoms with van der Waals surface area (Å²) in [5.74, 6) is 0.301. The minimum atomic E-state index is 0.301. The third-order valence-corrected chi connectivity index (χ3v) is 2.25. The smallest absolute Gasteiger partial charge is 0.0895 e. The second-order valence-corrected chi connectivity index (χ2v) is 3.20. The lowest BCUT2D eigenvalue weighted by atomic mass is 10.2. The molecular formula is C5H9IN2S. The van der Waals surface area contributed by atoms with Crippen LogP contribution in [0.25, 0.3) is 0 Å². The van der Waals surface area contributed by atoms with Gasteiger partial charge in [-0.2, -0.15) is 0 Å². The van der Waals surface area contributed by atoms with Crippen LogP contribution in [0.3, 0.4) is 0 Å². The fourth-order valence-electron chi connectivity index (χ4n) is 0.182. The zero-order valence-electron chi connectivity index (χ0n) is 5.39. The average molecular weight is 256 g/mol. The quantitative estimate of drug-likeness (QED) is 0.350. The Morgan fingerprint density at radius 3 is 2.67 bits per heavy atom. The molecule has 0 aliphatic heterocycles. The molecule has 0 aromatic heterocycles. The van der Waals surface area contributed by atoms with Crippen LogP contribution in [-0.2, 0) is 0 Å². The number of hydrogen-bond donors (Lipinski definition) is 1. The van der Waals surface area contributed by atoms with Gasteiger partial charge in [-0.25, -0.2) is 4.40 Å². The van der Waals surface area contributed by atoms with E-state index in [2.05, 4.69) is 4.40 Å². The van der Waals surface area contributed by atoms with Gasteiger partial charge in [0.1, 0.15) is 0 Å². The number of rotatable bonds is 2. The zero-order chi connectivity index (χ0) is 7.28. The Morgan fingerprint density at radius 1 is 1.78 bits per heavy atom. The van der Waals surface area contributed by atoms with Gasteiger partial charge in [-0.3, -0.25) is 5.41 Å². The predicted molar refractivity (Wildman–Crippen MR) is 52.7 cm³/mol. The average Bonchev–Trinajstić information content (AvgIpc) is 1.82. The van der Waals surface area contributed by atoms with Crippen molar-refractivity contribution in [3.8, 4) is 0 Å². The fourth-order valence-corrected chi connectivity index (χ4v) is 0.887.